The number of benzene rings is 2. The Morgan fingerprint density at radius 3 is 2.61 bits per heavy atom. The summed E-state index contributed by atoms with van der Waals surface area (Å²) in [5.74, 6) is -0.698. The number of nitrogens with one attached hydrogen (secondary N) is 1. The summed E-state index contributed by atoms with van der Waals surface area (Å²) < 4.78 is 5.05. The molecule has 1 aliphatic rings. The molecule has 0 aliphatic carbocycles. The average Bonchev–Trinajstić information content (AvgIpc) is 2.74. The number of nitriles is 1. The Balaban J connectivity index is 1.63. The maximum atomic E-state index is 12.6. The minimum absolute atomic E-state index is 0.0442. The van der Waals surface area contributed by atoms with Crippen LogP contribution in [0.4, 0.5) is 5.69 Å². The van der Waals surface area contributed by atoms with Crippen LogP contribution in [0.5, 0.6) is 0 Å². The Morgan fingerprint density at radius 2 is 1.93 bits per heavy atom. The smallest absolute Gasteiger partial charge is 0.309 e. The van der Waals surface area contributed by atoms with Gasteiger partial charge in [-0.05, 0) is 42.7 Å². The van der Waals surface area contributed by atoms with E-state index in [9.17, 15) is 14.9 Å². The van der Waals surface area contributed by atoms with Crippen LogP contribution in [0.1, 0.15) is 19.8 Å². The Labute approximate surface area is 164 Å². The third-order valence-corrected chi connectivity index (χ3v) is 4.89. The molecule has 1 N–H and O–H groups in total. The zero-order valence-corrected chi connectivity index (χ0v) is 15.9. The van der Waals surface area contributed by atoms with Gasteiger partial charge in [-0.1, -0.05) is 30.3 Å². The molecule has 3 rings (SSSR count). The molecule has 0 radical (unpaired) electrons. The van der Waals surface area contributed by atoms with Gasteiger partial charge in [-0.3, -0.25) is 9.59 Å². The average molecular weight is 377 g/mol. The summed E-state index contributed by atoms with van der Waals surface area (Å²) in [6, 6.07) is 15.8. The minimum atomic E-state index is -0.321. The molecule has 0 saturated carbocycles. The van der Waals surface area contributed by atoms with Gasteiger partial charge in [-0.2, -0.15) is 5.26 Å². The first-order valence-corrected chi connectivity index (χ1v) is 9.44. The van der Waals surface area contributed by atoms with E-state index in [4.69, 9.17) is 4.74 Å². The minimum Gasteiger partial charge on any atom is -0.466 e. The number of carbonyl (C=O) groups excluding carboxylic acids is 2. The summed E-state index contributed by atoms with van der Waals surface area (Å²) >= 11 is 0. The molecule has 0 unspecified atom stereocenters. The van der Waals surface area contributed by atoms with Crippen LogP contribution in [0.2, 0.25) is 0 Å². The fourth-order valence-electron chi connectivity index (χ4n) is 3.33. The van der Waals surface area contributed by atoms with Crippen molar-refractivity contribution in [2.24, 2.45) is 5.92 Å². The molecule has 0 aromatic heterocycles. The van der Waals surface area contributed by atoms with E-state index in [1.807, 2.05) is 48.5 Å². The number of nitrogens with zero attached hydrogens (tertiary/aromatic N) is 2. The van der Waals surface area contributed by atoms with E-state index < -0.39 is 0 Å². The number of likely N-dealkylation sites (tertiary alicyclic amines) is 1. The van der Waals surface area contributed by atoms with E-state index in [0.29, 0.717) is 32.5 Å². The molecule has 0 spiro atoms. The van der Waals surface area contributed by atoms with Crippen LogP contribution >= 0.6 is 0 Å². The molecule has 0 atom stereocenters. The lowest BCUT2D eigenvalue weighted by Gasteiger charge is -2.30. The maximum Gasteiger partial charge on any atom is 0.309 e. The summed E-state index contributed by atoms with van der Waals surface area (Å²) in [4.78, 5) is 26.1. The highest BCUT2D eigenvalue weighted by Crippen LogP contribution is 2.21. The Bertz CT molecular complexity index is 937. The largest absolute Gasteiger partial charge is 0.466 e. The lowest BCUT2D eigenvalue weighted by molar-refractivity contribution is -0.150. The molecule has 144 valence electrons. The molecule has 1 saturated heterocycles. The molecular weight excluding hydrogens is 354 g/mol. The SMILES string of the molecule is CCOC(=O)C1CCN(C(=O)/C(C#N)=C\Nc2ccc3ccccc3c2)CC1. The summed E-state index contributed by atoms with van der Waals surface area (Å²) in [6.07, 6.45) is 2.56. The van der Waals surface area contributed by atoms with Gasteiger partial charge in [0.15, 0.2) is 0 Å². The lowest BCUT2D eigenvalue weighted by atomic mass is 9.96. The van der Waals surface area contributed by atoms with Gasteiger partial charge in [0.2, 0.25) is 0 Å². The van der Waals surface area contributed by atoms with Gasteiger partial charge in [0, 0.05) is 25.0 Å². The molecule has 2 aromatic carbocycles. The van der Waals surface area contributed by atoms with Gasteiger partial charge in [0.05, 0.1) is 12.5 Å². The van der Waals surface area contributed by atoms with Crippen LogP contribution in [-0.2, 0) is 14.3 Å². The molecule has 28 heavy (non-hydrogen) atoms. The lowest BCUT2D eigenvalue weighted by Crippen LogP contribution is -2.41. The summed E-state index contributed by atoms with van der Waals surface area (Å²) in [7, 11) is 0. The van der Waals surface area contributed by atoms with Crippen LogP contribution in [0.25, 0.3) is 10.8 Å². The van der Waals surface area contributed by atoms with E-state index in [1.165, 1.54) is 6.20 Å². The number of carbonyl (C=O) groups is 2. The number of rotatable bonds is 5. The van der Waals surface area contributed by atoms with Crippen LogP contribution < -0.4 is 5.32 Å². The first-order valence-electron chi connectivity index (χ1n) is 9.44. The molecule has 2 aromatic rings. The third kappa shape index (κ3) is 4.49. The number of anilines is 1. The number of amides is 1. The van der Waals surface area contributed by atoms with Gasteiger partial charge in [-0.15, -0.1) is 0 Å². The van der Waals surface area contributed by atoms with Crippen LogP contribution in [0, 0.1) is 17.2 Å². The Hall–Kier alpha value is -3.33. The van der Waals surface area contributed by atoms with Crippen molar-refractivity contribution >= 4 is 28.3 Å². The van der Waals surface area contributed by atoms with Crippen molar-refractivity contribution < 1.29 is 14.3 Å². The monoisotopic (exact) mass is 377 g/mol. The number of esters is 1. The van der Waals surface area contributed by atoms with E-state index in [-0.39, 0.29) is 23.4 Å². The molecular formula is C22H23N3O3. The van der Waals surface area contributed by atoms with Crippen molar-refractivity contribution in [3.05, 3.63) is 54.2 Å². The van der Waals surface area contributed by atoms with Gasteiger partial charge >= 0.3 is 5.97 Å². The van der Waals surface area contributed by atoms with Gasteiger partial charge in [0.1, 0.15) is 11.6 Å². The van der Waals surface area contributed by atoms with E-state index in [0.717, 1.165) is 16.5 Å². The second-order valence-electron chi connectivity index (χ2n) is 6.69. The number of hydrogen-bond donors (Lipinski definition) is 1. The topological polar surface area (TPSA) is 82.4 Å². The Kier molecular flexibility index (Phi) is 6.28. The van der Waals surface area contributed by atoms with Crippen molar-refractivity contribution in [2.45, 2.75) is 19.8 Å². The van der Waals surface area contributed by atoms with E-state index in [1.54, 1.807) is 11.8 Å². The summed E-state index contributed by atoms with van der Waals surface area (Å²) in [5.41, 5.74) is 0.850. The van der Waals surface area contributed by atoms with Gasteiger partial charge < -0.3 is 15.0 Å². The predicted octanol–water partition coefficient (Wildman–Crippen LogP) is 3.46. The highest BCUT2D eigenvalue weighted by molar-refractivity contribution is 5.97. The molecule has 6 nitrogen and oxygen atoms in total. The molecule has 1 heterocycles. The van der Waals surface area contributed by atoms with Gasteiger partial charge in [0.25, 0.3) is 5.91 Å². The van der Waals surface area contributed by atoms with Crippen molar-refractivity contribution in [2.75, 3.05) is 25.0 Å². The predicted molar refractivity (Wildman–Crippen MR) is 107 cm³/mol. The number of piperidine rings is 1. The fraction of sp³-hybridized carbons (Fsp3) is 0.318. The van der Waals surface area contributed by atoms with Crippen molar-refractivity contribution in [3.63, 3.8) is 0 Å². The zero-order chi connectivity index (χ0) is 19.9. The highest BCUT2D eigenvalue weighted by Gasteiger charge is 2.29. The maximum absolute atomic E-state index is 12.6. The Morgan fingerprint density at radius 1 is 1.21 bits per heavy atom. The van der Waals surface area contributed by atoms with Crippen LogP contribution in [0.3, 0.4) is 0 Å². The number of fused-ring (bicyclic) bond motifs is 1. The normalized spacial score (nSPS) is 15.1. The van der Waals surface area contributed by atoms with E-state index >= 15 is 0 Å². The number of ether oxygens (including phenoxy) is 1. The zero-order valence-electron chi connectivity index (χ0n) is 15.9. The highest BCUT2D eigenvalue weighted by atomic mass is 16.5. The van der Waals surface area contributed by atoms with Crippen LogP contribution in [0.15, 0.2) is 54.2 Å². The molecule has 1 fully saturated rings. The van der Waals surface area contributed by atoms with Crippen molar-refractivity contribution in [1.29, 1.82) is 5.26 Å². The van der Waals surface area contributed by atoms with E-state index in [2.05, 4.69) is 5.32 Å². The quantitative estimate of drug-likeness (QED) is 0.490. The first-order chi connectivity index (χ1) is 13.6. The van der Waals surface area contributed by atoms with Gasteiger partial charge in [-0.25, -0.2) is 0 Å². The molecule has 1 aliphatic heterocycles. The number of hydrogen-bond acceptors (Lipinski definition) is 5. The van der Waals surface area contributed by atoms with Crippen molar-refractivity contribution in [1.82, 2.24) is 4.90 Å². The molecule has 6 heteroatoms. The van der Waals surface area contributed by atoms with Crippen molar-refractivity contribution in [3.8, 4) is 6.07 Å². The first kappa shape index (κ1) is 19.4. The second-order valence-corrected chi connectivity index (χ2v) is 6.69. The van der Waals surface area contributed by atoms with Crippen LogP contribution in [-0.4, -0.2) is 36.5 Å². The molecule has 0 bridgehead atoms. The fourth-order valence-corrected chi connectivity index (χ4v) is 3.33. The summed E-state index contributed by atoms with van der Waals surface area (Å²) in [5, 5.41) is 14.7. The molecule has 1 amide bonds. The second kappa shape index (κ2) is 9.05. The standard InChI is InChI=1S/C22H23N3O3/c1-2-28-22(27)17-9-11-25(12-10-17)21(26)19(14-23)15-24-20-8-7-16-5-3-4-6-18(16)13-20/h3-8,13,15,17,24H,2,9-12H2,1H3/b19-15-. The third-order valence-electron chi connectivity index (χ3n) is 4.89. The summed E-state index contributed by atoms with van der Waals surface area (Å²) in [6.45, 7) is 3.03.